The lowest BCUT2D eigenvalue weighted by molar-refractivity contribution is -0.116. The quantitative estimate of drug-likeness (QED) is 0.333. The Morgan fingerprint density at radius 3 is 2.58 bits per heavy atom. The van der Waals surface area contributed by atoms with E-state index in [0.29, 0.717) is 16.4 Å². The first-order valence-corrected chi connectivity index (χ1v) is 11.0. The second-order valence-corrected chi connectivity index (χ2v) is 8.24. The molecule has 11 heteroatoms. The summed E-state index contributed by atoms with van der Waals surface area (Å²) in [6, 6.07) is 6.53. The van der Waals surface area contributed by atoms with E-state index in [0.717, 1.165) is 16.8 Å². The van der Waals surface area contributed by atoms with Crippen molar-refractivity contribution in [3.63, 3.8) is 0 Å². The van der Waals surface area contributed by atoms with E-state index in [1.54, 1.807) is 37.5 Å². The lowest BCUT2D eigenvalue weighted by Gasteiger charge is -2.12. The van der Waals surface area contributed by atoms with Crippen molar-refractivity contribution in [2.45, 2.75) is 11.6 Å². The first-order valence-electron chi connectivity index (χ1n) is 9.16. The average Bonchev–Trinajstić information content (AvgIpc) is 3.30. The number of ketones is 1. The highest BCUT2D eigenvalue weighted by Crippen LogP contribution is 2.21. The van der Waals surface area contributed by atoms with E-state index < -0.39 is 5.56 Å². The number of nitrogens with one attached hydrogen (secondary N) is 1. The number of rotatable bonds is 7. The first kappa shape index (κ1) is 20.8. The van der Waals surface area contributed by atoms with E-state index in [9.17, 15) is 14.4 Å². The number of hydrogen-bond donors (Lipinski definition) is 1. The maximum absolute atomic E-state index is 13.2. The van der Waals surface area contributed by atoms with Crippen LogP contribution in [0.2, 0.25) is 0 Å². The second-order valence-electron chi connectivity index (χ2n) is 6.32. The van der Waals surface area contributed by atoms with E-state index in [2.05, 4.69) is 25.3 Å². The summed E-state index contributed by atoms with van der Waals surface area (Å²) in [5.74, 6) is -0.146. The standard InChI is InChI=1S/C20H16N6O3S2/c1-21-18(28)12-2-4-13(5-3-12)26-19(29)16-17(24-7-6-23-16)25-20(26)31-11-14(27)10-15-22-8-9-30-15/h2-9H,10-11H2,1H3,(H,21,28). The van der Waals surface area contributed by atoms with E-state index in [4.69, 9.17) is 0 Å². The summed E-state index contributed by atoms with van der Waals surface area (Å²) < 4.78 is 1.38. The molecule has 0 atom stereocenters. The van der Waals surface area contributed by atoms with Crippen LogP contribution in [0.3, 0.4) is 0 Å². The van der Waals surface area contributed by atoms with Gasteiger partial charge in [-0.25, -0.2) is 19.9 Å². The van der Waals surface area contributed by atoms with E-state index >= 15 is 0 Å². The van der Waals surface area contributed by atoms with Gasteiger partial charge >= 0.3 is 0 Å². The molecule has 4 rings (SSSR count). The smallest absolute Gasteiger partial charge is 0.286 e. The zero-order chi connectivity index (χ0) is 21.8. The molecule has 0 aliphatic heterocycles. The zero-order valence-electron chi connectivity index (χ0n) is 16.3. The van der Waals surface area contributed by atoms with Crippen LogP contribution in [0.25, 0.3) is 16.9 Å². The molecule has 0 spiro atoms. The molecule has 0 unspecified atom stereocenters. The largest absolute Gasteiger partial charge is 0.355 e. The van der Waals surface area contributed by atoms with Crippen LogP contribution in [0.5, 0.6) is 0 Å². The number of hydrogen-bond acceptors (Lipinski definition) is 9. The van der Waals surface area contributed by atoms with Gasteiger partial charge in [-0.15, -0.1) is 11.3 Å². The summed E-state index contributed by atoms with van der Waals surface area (Å²) in [7, 11) is 1.55. The van der Waals surface area contributed by atoms with Gasteiger partial charge in [-0.05, 0) is 24.3 Å². The molecule has 0 bridgehead atoms. The fraction of sp³-hybridized carbons (Fsp3) is 0.150. The number of carbonyl (C=O) groups is 2. The molecule has 156 valence electrons. The maximum atomic E-state index is 13.2. The summed E-state index contributed by atoms with van der Waals surface area (Å²) in [6.45, 7) is 0. The predicted molar refractivity (Wildman–Crippen MR) is 118 cm³/mol. The van der Waals surface area contributed by atoms with Gasteiger partial charge in [0.2, 0.25) is 0 Å². The summed E-state index contributed by atoms with van der Waals surface area (Å²) in [5, 5.41) is 5.43. The van der Waals surface area contributed by atoms with Crippen LogP contribution in [0, 0.1) is 0 Å². The molecule has 4 aromatic rings. The van der Waals surface area contributed by atoms with Crippen molar-refractivity contribution in [2.24, 2.45) is 0 Å². The van der Waals surface area contributed by atoms with Gasteiger partial charge in [0.25, 0.3) is 11.5 Å². The molecular weight excluding hydrogens is 436 g/mol. The van der Waals surface area contributed by atoms with Crippen molar-refractivity contribution in [3.8, 4) is 5.69 Å². The number of nitrogens with zero attached hydrogens (tertiary/aromatic N) is 5. The highest BCUT2D eigenvalue weighted by molar-refractivity contribution is 7.99. The summed E-state index contributed by atoms with van der Waals surface area (Å²) in [4.78, 5) is 54.2. The van der Waals surface area contributed by atoms with Gasteiger partial charge in [-0.1, -0.05) is 11.8 Å². The third-order valence-electron chi connectivity index (χ3n) is 4.29. The van der Waals surface area contributed by atoms with Crippen LogP contribution in [0.1, 0.15) is 15.4 Å². The number of Topliss-reactive ketones (excluding diaryl/α,β-unsaturated/α-hetero) is 1. The molecule has 1 amide bonds. The third kappa shape index (κ3) is 4.52. The highest BCUT2D eigenvalue weighted by Gasteiger charge is 2.17. The molecule has 1 aromatic carbocycles. The molecule has 0 radical (unpaired) electrons. The molecule has 0 saturated carbocycles. The molecule has 31 heavy (non-hydrogen) atoms. The number of benzene rings is 1. The Morgan fingerprint density at radius 1 is 1.10 bits per heavy atom. The summed E-state index contributed by atoms with van der Waals surface area (Å²) >= 11 is 2.57. The Labute approximate surface area is 184 Å². The minimum atomic E-state index is -0.402. The number of aromatic nitrogens is 5. The molecule has 3 heterocycles. The molecule has 0 fully saturated rings. The van der Waals surface area contributed by atoms with E-state index in [1.165, 1.54) is 28.3 Å². The van der Waals surface area contributed by atoms with Crippen molar-refractivity contribution in [2.75, 3.05) is 12.8 Å². The molecule has 1 N–H and O–H groups in total. The van der Waals surface area contributed by atoms with Gasteiger partial charge in [0.1, 0.15) is 5.78 Å². The minimum Gasteiger partial charge on any atom is -0.355 e. The summed E-state index contributed by atoms with van der Waals surface area (Å²) in [6.07, 6.45) is 4.77. The van der Waals surface area contributed by atoms with Crippen LogP contribution < -0.4 is 10.9 Å². The SMILES string of the molecule is CNC(=O)c1ccc(-n2c(SCC(=O)Cc3nccs3)nc3nccnc3c2=O)cc1. The molecule has 9 nitrogen and oxygen atoms in total. The van der Waals surface area contributed by atoms with Gasteiger partial charge < -0.3 is 5.32 Å². The average molecular weight is 453 g/mol. The van der Waals surface area contributed by atoms with Crippen LogP contribution in [0.15, 0.2) is 58.2 Å². The Bertz CT molecular complexity index is 1300. The molecule has 0 saturated heterocycles. The monoisotopic (exact) mass is 452 g/mol. The van der Waals surface area contributed by atoms with Gasteiger partial charge in [0.05, 0.1) is 22.9 Å². The summed E-state index contributed by atoms with van der Waals surface area (Å²) in [5.41, 5.74) is 0.894. The Hall–Kier alpha value is -3.44. The van der Waals surface area contributed by atoms with Gasteiger partial charge in [0, 0.05) is 36.6 Å². The van der Waals surface area contributed by atoms with Crippen molar-refractivity contribution >= 4 is 46.0 Å². The van der Waals surface area contributed by atoms with Crippen LogP contribution in [-0.2, 0) is 11.2 Å². The van der Waals surface area contributed by atoms with Crippen LogP contribution in [0.4, 0.5) is 0 Å². The second kappa shape index (κ2) is 9.14. The molecule has 0 aliphatic rings. The topological polar surface area (TPSA) is 120 Å². The van der Waals surface area contributed by atoms with Crippen LogP contribution in [-0.4, -0.2) is 49.0 Å². The zero-order valence-corrected chi connectivity index (χ0v) is 17.9. The van der Waals surface area contributed by atoms with E-state index in [-0.39, 0.29) is 35.0 Å². The van der Waals surface area contributed by atoms with E-state index in [1.807, 2.05) is 5.38 Å². The maximum Gasteiger partial charge on any atom is 0.286 e. The van der Waals surface area contributed by atoms with Crippen molar-refractivity contribution in [3.05, 3.63) is 69.2 Å². The first-order chi connectivity index (χ1) is 15.1. The van der Waals surface area contributed by atoms with Gasteiger partial charge in [-0.2, -0.15) is 0 Å². The molecule has 3 aromatic heterocycles. The number of fused-ring (bicyclic) bond motifs is 1. The Balaban J connectivity index is 1.70. The van der Waals surface area contributed by atoms with Crippen molar-refractivity contribution in [1.29, 1.82) is 0 Å². The highest BCUT2D eigenvalue weighted by atomic mass is 32.2. The van der Waals surface area contributed by atoms with Crippen molar-refractivity contribution in [1.82, 2.24) is 29.8 Å². The normalized spacial score (nSPS) is 10.9. The van der Waals surface area contributed by atoms with Crippen molar-refractivity contribution < 1.29 is 9.59 Å². The Morgan fingerprint density at radius 2 is 1.87 bits per heavy atom. The predicted octanol–water partition coefficient (Wildman–Crippen LogP) is 1.90. The Kier molecular flexibility index (Phi) is 6.14. The van der Waals surface area contributed by atoms with Gasteiger partial charge in [0.15, 0.2) is 16.3 Å². The number of amides is 1. The fourth-order valence-corrected chi connectivity index (χ4v) is 4.34. The molecule has 0 aliphatic carbocycles. The van der Waals surface area contributed by atoms with Crippen LogP contribution >= 0.6 is 23.1 Å². The molecular formula is C20H16N6O3S2. The fourth-order valence-electron chi connectivity index (χ4n) is 2.83. The number of thiazole rings is 1. The lowest BCUT2D eigenvalue weighted by Crippen LogP contribution is -2.24. The number of carbonyl (C=O) groups excluding carboxylic acids is 2. The minimum absolute atomic E-state index is 0.0324. The van der Waals surface area contributed by atoms with Gasteiger partial charge in [-0.3, -0.25) is 19.0 Å². The lowest BCUT2D eigenvalue weighted by atomic mass is 10.2. The number of thioether (sulfide) groups is 1. The third-order valence-corrected chi connectivity index (χ3v) is 6.06.